The summed E-state index contributed by atoms with van der Waals surface area (Å²) >= 11 is 0. The highest BCUT2D eigenvalue weighted by Crippen LogP contribution is 2.27. The Labute approximate surface area is 102 Å². The first kappa shape index (κ1) is 12.5. The number of hydrogen-bond acceptors (Lipinski definition) is 2. The molecule has 18 heavy (non-hydrogen) atoms. The van der Waals surface area contributed by atoms with E-state index >= 15 is 0 Å². The van der Waals surface area contributed by atoms with E-state index in [2.05, 4.69) is 15.5 Å². The van der Waals surface area contributed by atoms with Crippen LogP contribution in [-0.4, -0.2) is 10.2 Å². The summed E-state index contributed by atoms with van der Waals surface area (Å²) in [5.41, 5.74) is 1.47. The molecule has 0 atom stereocenters. The predicted molar refractivity (Wildman–Crippen MR) is 62.1 cm³/mol. The third-order valence-corrected chi connectivity index (χ3v) is 2.46. The van der Waals surface area contributed by atoms with Gasteiger partial charge < -0.3 is 5.32 Å². The molecule has 2 rings (SSSR count). The monoisotopic (exact) mass is 255 g/mol. The van der Waals surface area contributed by atoms with E-state index in [1.807, 2.05) is 31.2 Å². The van der Waals surface area contributed by atoms with Crippen molar-refractivity contribution in [2.75, 3.05) is 5.32 Å². The Balaban J connectivity index is 1.98. The number of aromatic amines is 1. The number of nitrogens with one attached hydrogen (secondary N) is 2. The maximum Gasteiger partial charge on any atom is 0.435 e. The summed E-state index contributed by atoms with van der Waals surface area (Å²) in [5, 5.41) is 8.60. The van der Waals surface area contributed by atoms with Gasteiger partial charge in [-0.1, -0.05) is 17.7 Å². The first-order chi connectivity index (χ1) is 8.45. The molecule has 0 unspecified atom stereocenters. The number of H-pyrrole nitrogens is 1. The number of halogens is 3. The Morgan fingerprint density at radius 2 is 1.89 bits per heavy atom. The fraction of sp³-hybridized carbons (Fsp3) is 0.250. The lowest BCUT2D eigenvalue weighted by Crippen LogP contribution is -2.04. The van der Waals surface area contributed by atoms with E-state index in [0.717, 1.165) is 17.3 Å². The van der Waals surface area contributed by atoms with E-state index in [9.17, 15) is 13.2 Å². The smallest absolute Gasteiger partial charge is 0.379 e. The summed E-state index contributed by atoms with van der Waals surface area (Å²) in [5.74, 6) is 0. The van der Waals surface area contributed by atoms with Crippen LogP contribution in [0.3, 0.4) is 0 Å². The van der Waals surface area contributed by atoms with Crippen LogP contribution in [0.2, 0.25) is 0 Å². The second-order valence-electron chi connectivity index (χ2n) is 4.00. The third kappa shape index (κ3) is 3.03. The zero-order valence-electron chi connectivity index (χ0n) is 9.67. The van der Waals surface area contributed by atoms with Crippen LogP contribution in [0.25, 0.3) is 0 Å². The van der Waals surface area contributed by atoms with Gasteiger partial charge >= 0.3 is 6.18 Å². The van der Waals surface area contributed by atoms with Crippen molar-refractivity contribution in [3.05, 3.63) is 47.3 Å². The molecule has 0 aliphatic rings. The molecule has 0 amide bonds. The molecule has 0 saturated heterocycles. The van der Waals surface area contributed by atoms with Crippen molar-refractivity contribution >= 4 is 5.69 Å². The molecule has 0 aliphatic heterocycles. The minimum Gasteiger partial charge on any atom is -0.379 e. The lowest BCUT2D eigenvalue weighted by Gasteiger charge is -2.04. The molecule has 6 heteroatoms. The molecule has 3 nitrogen and oxygen atoms in total. The Hall–Kier alpha value is -1.98. The fourth-order valence-corrected chi connectivity index (χ4v) is 1.47. The molecule has 0 radical (unpaired) electrons. The second-order valence-corrected chi connectivity index (χ2v) is 4.00. The Kier molecular flexibility index (Phi) is 3.27. The maximum absolute atomic E-state index is 12.3. The van der Waals surface area contributed by atoms with Gasteiger partial charge in [-0.25, -0.2) is 0 Å². The average molecular weight is 255 g/mol. The molecule has 0 aliphatic carbocycles. The second kappa shape index (κ2) is 4.72. The van der Waals surface area contributed by atoms with Gasteiger partial charge in [0.25, 0.3) is 0 Å². The molecule has 2 aromatic rings. The van der Waals surface area contributed by atoms with Gasteiger partial charge in [-0.15, -0.1) is 0 Å². The zero-order valence-corrected chi connectivity index (χ0v) is 9.67. The van der Waals surface area contributed by atoms with Crippen molar-refractivity contribution in [1.82, 2.24) is 10.2 Å². The summed E-state index contributed by atoms with van der Waals surface area (Å²) in [4.78, 5) is 0. The summed E-state index contributed by atoms with van der Waals surface area (Å²) in [6, 6.07) is 8.60. The predicted octanol–water partition coefficient (Wildman–Crippen LogP) is 3.35. The molecular weight excluding hydrogens is 243 g/mol. The SMILES string of the molecule is Cc1ccc(NCc2cc(C(F)(F)F)n[nH]2)cc1. The Morgan fingerprint density at radius 3 is 2.44 bits per heavy atom. The van der Waals surface area contributed by atoms with Crippen LogP contribution in [0.4, 0.5) is 18.9 Å². The largest absolute Gasteiger partial charge is 0.435 e. The molecule has 1 aromatic heterocycles. The van der Waals surface area contributed by atoms with Gasteiger partial charge in [0.05, 0.1) is 12.2 Å². The van der Waals surface area contributed by atoms with Crippen LogP contribution in [0.1, 0.15) is 17.0 Å². The average Bonchev–Trinajstić information content (AvgIpc) is 2.77. The summed E-state index contributed by atoms with van der Waals surface area (Å²) in [6.07, 6.45) is -4.40. The number of rotatable bonds is 3. The fourth-order valence-electron chi connectivity index (χ4n) is 1.47. The topological polar surface area (TPSA) is 40.7 Å². The molecule has 0 bridgehead atoms. The van der Waals surface area contributed by atoms with E-state index in [1.165, 1.54) is 0 Å². The molecule has 1 aromatic carbocycles. The van der Waals surface area contributed by atoms with Crippen molar-refractivity contribution in [2.45, 2.75) is 19.6 Å². The van der Waals surface area contributed by atoms with Crippen molar-refractivity contribution in [2.24, 2.45) is 0 Å². The van der Waals surface area contributed by atoms with Gasteiger partial charge in [-0.2, -0.15) is 18.3 Å². The van der Waals surface area contributed by atoms with Crippen molar-refractivity contribution < 1.29 is 13.2 Å². The highest BCUT2D eigenvalue weighted by atomic mass is 19.4. The molecule has 96 valence electrons. The van der Waals surface area contributed by atoms with Gasteiger partial charge in [-0.3, -0.25) is 5.10 Å². The quantitative estimate of drug-likeness (QED) is 0.883. The first-order valence-electron chi connectivity index (χ1n) is 5.37. The van der Waals surface area contributed by atoms with Gasteiger partial charge in [0, 0.05) is 5.69 Å². The van der Waals surface area contributed by atoms with Gasteiger partial charge in [0.1, 0.15) is 0 Å². The number of hydrogen-bond donors (Lipinski definition) is 2. The summed E-state index contributed by atoms with van der Waals surface area (Å²) < 4.78 is 36.9. The van der Waals surface area contributed by atoms with Crippen LogP contribution < -0.4 is 5.32 Å². The normalized spacial score (nSPS) is 11.6. The minimum atomic E-state index is -4.40. The lowest BCUT2D eigenvalue weighted by molar-refractivity contribution is -0.141. The van der Waals surface area contributed by atoms with Crippen molar-refractivity contribution in [3.63, 3.8) is 0 Å². The zero-order chi connectivity index (χ0) is 13.2. The summed E-state index contributed by atoms with van der Waals surface area (Å²) in [7, 11) is 0. The number of anilines is 1. The summed E-state index contributed by atoms with van der Waals surface area (Å²) in [6.45, 7) is 2.24. The van der Waals surface area contributed by atoms with Gasteiger partial charge in [0.2, 0.25) is 0 Å². The number of aromatic nitrogens is 2. The van der Waals surface area contributed by atoms with Gasteiger partial charge in [-0.05, 0) is 25.1 Å². The standard InChI is InChI=1S/C12H12F3N3/c1-8-2-4-9(5-3-8)16-7-10-6-11(18-17-10)12(13,14)15/h2-6,16H,7H2,1H3,(H,17,18). The molecule has 0 saturated carbocycles. The number of nitrogens with zero attached hydrogens (tertiary/aromatic N) is 1. The van der Waals surface area contributed by atoms with Crippen molar-refractivity contribution in [3.8, 4) is 0 Å². The molecule has 0 fully saturated rings. The van der Waals surface area contributed by atoms with Crippen LogP contribution in [-0.2, 0) is 12.7 Å². The third-order valence-electron chi connectivity index (χ3n) is 2.46. The number of aryl methyl sites for hydroxylation is 1. The highest BCUT2D eigenvalue weighted by Gasteiger charge is 2.33. The molecule has 1 heterocycles. The number of benzene rings is 1. The van der Waals surface area contributed by atoms with E-state index in [4.69, 9.17) is 0 Å². The van der Waals surface area contributed by atoms with Gasteiger partial charge in [0.15, 0.2) is 5.69 Å². The maximum atomic E-state index is 12.3. The molecule has 0 spiro atoms. The van der Waals surface area contributed by atoms with E-state index in [0.29, 0.717) is 5.69 Å². The minimum absolute atomic E-state index is 0.270. The van der Waals surface area contributed by atoms with E-state index < -0.39 is 11.9 Å². The Bertz CT molecular complexity index is 514. The lowest BCUT2D eigenvalue weighted by atomic mass is 10.2. The Morgan fingerprint density at radius 1 is 1.22 bits per heavy atom. The number of alkyl halides is 3. The van der Waals surface area contributed by atoms with Crippen LogP contribution in [0.5, 0.6) is 0 Å². The van der Waals surface area contributed by atoms with E-state index in [-0.39, 0.29) is 6.54 Å². The van der Waals surface area contributed by atoms with Crippen molar-refractivity contribution in [1.29, 1.82) is 0 Å². The first-order valence-corrected chi connectivity index (χ1v) is 5.37. The van der Waals surface area contributed by atoms with Crippen LogP contribution in [0.15, 0.2) is 30.3 Å². The van der Waals surface area contributed by atoms with E-state index in [1.54, 1.807) is 0 Å². The molecule has 2 N–H and O–H groups in total. The highest BCUT2D eigenvalue weighted by molar-refractivity contribution is 5.44. The van der Waals surface area contributed by atoms with Crippen LogP contribution >= 0.6 is 0 Å². The molecular formula is C12H12F3N3. The van der Waals surface area contributed by atoms with Crippen LogP contribution in [0, 0.1) is 6.92 Å².